The standard InChI is InChI=1S/C35H51N7O16/c43-25(44)11-7-18(29(51)38-19(8-12-26(45)46)31(53)40-22(35(57)58)10-14-28(49)50)37-30(52)20(9-13-27(47)48)39-32(54)23-5-2-16-41(23)34(56)24-6-3-17-42(24)33(55)21-4-1-15-36-21/h18-24,36H,1-17H2,(H,37,52)(H,38,51)(H,39,54)(H,40,53)(H,43,44)(H,45,46)(H,47,48)(H,49,50)(H,57,58)/t18-,19-,20-,21-,22-,23-,24-/m0/s1. The van der Waals surface area contributed by atoms with Crippen LogP contribution < -0.4 is 26.6 Å². The first kappa shape index (κ1) is 46.5. The third-order valence-corrected chi connectivity index (χ3v) is 10.1. The minimum absolute atomic E-state index is 0.171. The van der Waals surface area contributed by atoms with Crippen molar-refractivity contribution in [1.82, 2.24) is 36.4 Å². The Hall–Kier alpha value is -5.87. The van der Waals surface area contributed by atoms with Crippen molar-refractivity contribution >= 4 is 65.3 Å². The van der Waals surface area contributed by atoms with Gasteiger partial charge in [-0.3, -0.25) is 47.9 Å². The van der Waals surface area contributed by atoms with Crippen LogP contribution in [0.15, 0.2) is 0 Å². The molecule has 0 aromatic rings. The predicted molar refractivity (Wildman–Crippen MR) is 193 cm³/mol. The second kappa shape index (κ2) is 22.2. The summed E-state index contributed by atoms with van der Waals surface area (Å²) in [5.41, 5.74) is 0. The number of rotatable bonds is 23. The zero-order valence-electron chi connectivity index (χ0n) is 31.7. The van der Waals surface area contributed by atoms with E-state index in [-0.39, 0.29) is 18.9 Å². The van der Waals surface area contributed by atoms with Crippen LogP contribution in [0.25, 0.3) is 0 Å². The van der Waals surface area contributed by atoms with E-state index in [1.54, 1.807) is 0 Å². The zero-order valence-corrected chi connectivity index (χ0v) is 31.7. The van der Waals surface area contributed by atoms with Gasteiger partial charge in [0, 0.05) is 38.8 Å². The largest absolute Gasteiger partial charge is 0.481 e. The van der Waals surface area contributed by atoms with Crippen molar-refractivity contribution in [1.29, 1.82) is 0 Å². The summed E-state index contributed by atoms with van der Waals surface area (Å²) in [6.45, 7) is 1.21. The molecular formula is C35H51N7O16. The summed E-state index contributed by atoms with van der Waals surface area (Å²) in [4.78, 5) is 141. The van der Waals surface area contributed by atoms with Crippen molar-refractivity contribution in [3.05, 3.63) is 0 Å². The average Bonchev–Trinajstić information content (AvgIpc) is 3.97. The molecule has 322 valence electrons. The van der Waals surface area contributed by atoms with Crippen LogP contribution in [0.1, 0.15) is 89.9 Å². The number of aliphatic carboxylic acids is 5. The number of hydrogen-bond donors (Lipinski definition) is 10. The van der Waals surface area contributed by atoms with Gasteiger partial charge in [0.25, 0.3) is 0 Å². The molecule has 3 aliphatic rings. The highest BCUT2D eigenvalue weighted by Crippen LogP contribution is 2.26. The van der Waals surface area contributed by atoms with Gasteiger partial charge in [-0.15, -0.1) is 0 Å². The molecule has 58 heavy (non-hydrogen) atoms. The number of nitrogens with zero attached hydrogens (tertiary/aromatic N) is 2. The van der Waals surface area contributed by atoms with Crippen LogP contribution in [0, 0.1) is 0 Å². The maximum absolute atomic E-state index is 13.8. The van der Waals surface area contributed by atoms with E-state index in [4.69, 9.17) is 5.11 Å². The van der Waals surface area contributed by atoms with Crippen molar-refractivity contribution in [3.63, 3.8) is 0 Å². The average molecular weight is 826 g/mol. The third-order valence-electron chi connectivity index (χ3n) is 10.1. The topological polar surface area (TPSA) is 356 Å². The van der Waals surface area contributed by atoms with Gasteiger partial charge < -0.3 is 61.9 Å². The number of nitrogens with one attached hydrogen (secondary N) is 5. The molecule has 10 N–H and O–H groups in total. The first-order valence-corrected chi connectivity index (χ1v) is 19.0. The molecule has 0 radical (unpaired) electrons. The minimum Gasteiger partial charge on any atom is -0.481 e. The molecule has 7 atom stereocenters. The molecule has 0 aliphatic carbocycles. The van der Waals surface area contributed by atoms with Gasteiger partial charge in [-0.05, 0) is 70.8 Å². The quantitative estimate of drug-likeness (QED) is 0.0497. The van der Waals surface area contributed by atoms with Gasteiger partial charge in [0.15, 0.2) is 0 Å². The van der Waals surface area contributed by atoms with E-state index in [9.17, 15) is 73.2 Å². The normalized spacial score (nSPS) is 20.9. The lowest BCUT2D eigenvalue weighted by Gasteiger charge is -2.32. The molecule has 3 rings (SSSR count). The van der Waals surface area contributed by atoms with Crippen LogP contribution in [0.3, 0.4) is 0 Å². The highest BCUT2D eigenvalue weighted by atomic mass is 16.4. The number of carbonyl (C=O) groups is 11. The molecular weight excluding hydrogens is 774 g/mol. The fourth-order valence-electron chi connectivity index (χ4n) is 7.10. The Morgan fingerprint density at radius 2 is 0.897 bits per heavy atom. The lowest BCUT2D eigenvalue weighted by Crippen LogP contribution is -2.59. The van der Waals surface area contributed by atoms with Crippen LogP contribution in [-0.2, 0) is 52.7 Å². The van der Waals surface area contributed by atoms with E-state index in [1.807, 2.05) is 5.32 Å². The highest BCUT2D eigenvalue weighted by Gasteiger charge is 2.44. The molecule has 0 bridgehead atoms. The summed E-state index contributed by atoms with van der Waals surface area (Å²) in [5, 5.41) is 58.3. The van der Waals surface area contributed by atoms with Crippen molar-refractivity contribution in [2.75, 3.05) is 19.6 Å². The summed E-state index contributed by atoms with van der Waals surface area (Å²) in [7, 11) is 0. The van der Waals surface area contributed by atoms with Crippen LogP contribution in [0.2, 0.25) is 0 Å². The second-order valence-corrected chi connectivity index (χ2v) is 14.3. The highest BCUT2D eigenvalue weighted by molar-refractivity contribution is 5.97. The van der Waals surface area contributed by atoms with Gasteiger partial charge in [0.1, 0.15) is 36.3 Å². The number of carboxylic acid groups (broad SMARTS) is 5. The lowest BCUT2D eigenvalue weighted by atomic mass is 10.0. The Bertz CT molecular complexity index is 1600. The Balaban J connectivity index is 1.78. The van der Waals surface area contributed by atoms with Gasteiger partial charge in [-0.25, -0.2) is 4.79 Å². The Kier molecular flexibility index (Phi) is 17.8. The first-order chi connectivity index (χ1) is 27.4. The fourth-order valence-corrected chi connectivity index (χ4v) is 7.10. The molecule has 0 aromatic carbocycles. The Morgan fingerprint density at radius 1 is 0.500 bits per heavy atom. The second-order valence-electron chi connectivity index (χ2n) is 14.3. The molecule has 0 aromatic heterocycles. The van der Waals surface area contributed by atoms with Crippen molar-refractivity contribution in [2.45, 2.75) is 132 Å². The summed E-state index contributed by atoms with van der Waals surface area (Å²) >= 11 is 0. The lowest BCUT2D eigenvalue weighted by molar-refractivity contribution is -0.147. The van der Waals surface area contributed by atoms with Crippen molar-refractivity contribution < 1.29 is 78.3 Å². The number of carbonyl (C=O) groups excluding carboxylic acids is 6. The molecule has 0 spiro atoms. The molecule has 3 fully saturated rings. The van der Waals surface area contributed by atoms with Gasteiger partial charge in [0.05, 0.1) is 6.04 Å². The molecule has 3 saturated heterocycles. The maximum atomic E-state index is 13.8. The van der Waals surface area contributed by atoms with E-state index in [2.05, 4.69) is 21.3 Å². The van der Waals surface area contributed by atoms with Crippen LogP contribution >= 0.6 is 0 Å². The van der Waals surface area contributed by atoms with Crippen molar-refractivity contribution in [2.24, 2.45) is 0 Å². The number of likely N-dealkylation sites (tertiary alicyclic amines) is 2. The van der Waals surface area contributed by atoms with E-state index in [0.717, 1.165) is 6.42 Å². The van der Waals surface area contributed by atoms with Crippen molar-refractivity contribution in [3.8, 4) is 0 Å². The van der Waals surface area contributed by atoms with E-state index >= 15 is 0 Å². The summed E-state index contributed by atoms with van der Waals surface area (Å²) in [6, 6.07) is -9.25. The SMILES string of the molecule is O=C(O)CC[C@H](NC(=O)[C@H](CCC(=O)O)NC(=O)[C@H](CCC(=O)O)NC(=O)[C@H](CCC(=O)O)NC(=O)[C@@H]1CCCN1C(=O)[C@@H]1CCCN1C(=O)[C@@H]1CCCN1)C(=O)O. The summed E-state index contributed by atoms with van der Waals surface area (Å²) in [5.74, 6) is -12.3. The molecule has 3 heterocycles. The van der Waals surface area contributed by atoms with Crippen LogP contribution in [0.5, 0.6) is 0 Å². The molecule has 23 heteroatoms. The number of amides is 6. The molecule has 0 saturated carbocycles. The zero-order chi connectivity index (χ0) is 43.1. The number of carboxylic acids is 5. The maximum Gasteiger partial charge on any atom is 0.326 e. The van der Waals surface area contributed by atoms with Gasteiger partial charge >= 0.3 is 29.8 Å². The summed E-state index contributed by atoms with van der Waals surface area (Å²) in [6.07, 6.45) is -2.11. The first-order valence-electron chi connectivity index (χ1n) is 19.0. The predicted octanol–water partition coefficient (Wildman–Crippen LogP) is -2.80. The van der Waals surface area contributed by atoms with Gasteiger partial charge in [-0.2, -0.15) is 0 Å². The molecule has 3 aliphatic heterocycles. The van der Waals surface area contributed by atoms with E-state index < -0.39 is 153 Å². The monoisotopic (exact) mass is 825 g/mol. The molecule has 6 amide bonds. The fraction of sp³-hybridized carbons (Fsp3) is 0.686. The van der Waals surface area contributed by atoms with Crippen LogP contribution in [0.4, 0.5) is 0 Å². The minimum atomic E-state index is -1.78. The summed E-state index contributed by atoms with van der Waals surface area (Å²) < 4.78 is 0. The van der Waals surface area contributed by atoms with E-state index in [1.165, 1.54) is 9.80 Å². The van der Waals surface area contributed by atoms with Gasteiger partial charge in [0.2, 0.25) is 35.4 Å². The van der Waals surface area contributed by atoms with Crippen LogP contribution in [-0.4, -0.2) is 163 Å². The molecule has 0 unspecified atom stereocenters. The third kappa shape index (κ3) is 14.0. The number of hydrogen-bond acceptors (Lipinski definition) is 12. The molecule has 23 nitrogen and oxygen atoms in total. The smallest absolute Gasteiger partial charge is 0.326 e. The van der Waals surface area contributed by atoms with Gasteiger partial charge in [-0.1, -0.05) is 0 Å². The Labute approximate surface area is 331 Å². The van der Waals surface area contributed by atoms with E-state index in [0.29, 0.717) is 38.8 Å². The Morgan fingerprint density at radius 3 is 1.31 bits per heavy atom.